The first-order valence-electron chi connectivity index (χ1n) is 7.18. The number of aromatic carboxylic acids is 1. The average Bonchev–Trinajstić information content (AvgIpc) is 3.10. The molecule has 1 amide bonds. The van der Waals surface area contributed by atoms with E-state index in [4.69, 9.17) is 4.74 Å². The van der Waals surface area contributed by atoms with Gasteiger partial charge in [0, 0.05) is 16.7 Å². The van der Waals surface area contributed by atoms with E-state index in [1.807, 2.05) is 12.1 Å². The van der Waals surface area contributed by atoms with Crippen molar-refractivity contribution in [1.29, 1.82) is 0 Å². The summed E-state index contributed by atoms with van der Waals surface area (Å²) in [5.74, 6) is -1.28. The molecule has 8 heteroatoms. The van der Waals surface area contributed by atoms with Crippen LogP contribution in [0.5, 0.6) is 5.75 Å². The van der Waals surface area contributed by atoms with Gasteiger partial charge in [-0.05, 0) is 30.3 Å². The van der Waals surface area contributed by atoms with E-state index in [-0.39, 0.29) is 16.3 Å². The van der Waals surface area contributed by atoms with Crippen molar-refractivity contribution in [3.05, 3.63) is 59.7 Å². The summed E-state index contributed by atoms with van der Waals surface area (Å²) in [6.07, 6.45) is 0. The molecule has 0 spiro atoms. The van der Waals surface area contributed by atoms with Crippen LogP contribution in [0.2, 0.25) is 0 Å². The number of carbonyl (C=O) groups excluding carboxylic acids is 2. The lowest BCUT2D eigenvalue weighted by Gasteiger charge is -2.08. The summed E-state index contributed by atoms with van der Waals surface area (Å²) in [5, 5.41) is 22.5. The average molecular weight is 354 g/mol. The number of rotatable bonds is 5. The Morgan fingerprint density at radius 1 is 1.04 bits per heavy atom. The Morgan fingerprint density at radius 3 is 2.36 bits per heavy atom. The fourth-order valence-electron chi connectivity index (χ4n) is 2.15. The number of methoxy groups -OCH3 is 1. The summed E-state index contributed by atoms with van der Waals surface area (Å²) in [6, 6.07) is 13.1. The third-order valence-corrected chi connectivity index (χ3v) is 4.26. The standard InChI is InChI=1S/C17H13N3O4S/c1-24-11-8-6-10(7-9-11)15-19-20-17(25-15)18-14(21)12-4-2-3-5-13(12)16(22)23/h2-9H,1H3,(H,22,23)(H,18,20,21)/p-1. The molecule has 25 heavy (non-hydrogen) atoms. The lowest BCUT2D eigenvalue weighted by atomic mass is 10.1. The van der Waals surface area contributed by atoms with Crippen LogP contribution in [0.15, 0.2) is 48.5 Å². The number of amides is 1. The lowest BCUT2D eigenvalue weighted by Crippen LogP contribution is -2.26. The minimum absolute atomic E-state index is 0.00342. The minimum atomic E-state index is -1.41. The topological polar surface area (TPSA) is 104 Å². The van der Waals surface area contributed by atoms with E-state index in [9.17, 15) is 14.7 Å². The van der Waals surface area contributed by atoms with Gasteiger partial charge >= 0.3 is 0 Å². The van der Waals surface area contributed by atoms with Gasteiger partial charge in [0.2, 0.25) is 5.13 Å². The maximum absolute atomic E-state index is 12.3. The molecule has 0 atom stereocenters. The van der Waals surface area contributed by atoms with Crippen molar-refractivity contribution in [3.8, 4) is 16.3 Å². The molecule has 126 valence electrons. The summed E-state index contributed by atoms with van der Waals surface area (Å²) >= 11 is 1.18. The Labute approximate surface area is 146 Å². The molecule has 0 fully saturated rings. The van der Waals surface area contributed by atoms with Crippen molar-refractivity contribution in [2.75, 3.05) is 12.4 Å². The molecular weight excluding hydrogens is 342 g/mol. The number of aromatic nitrogens is 2. The molecule has 2 aromatic carbocycles. The monoisotopic (exact) mass is 354 g/mol. The molecule has 3 rings (SSSR count). The summed E-state index contributed by atoms with van der Waals surface area (Å²) in [5.41, 5.74) is 0.650. The van der Waals surface area contributed by atoms with Crippen molar-refractivity contribution >= 4 is 28.3 Å². The van der Waals surface area contributed by atoms with Gasteiger partial charge in [0.15, 0.2) is 0 Å². The number of carboxylic acid groups (broad SMARTS) is 1. The number of hydrogen-bond acceptors (Lipinski definition) is 7. The largest absolute Gasteiger partial charge is 0.545 e. The molecule has 0 unspecified atom stereocenters. The number of hydrogen-bond donors (Lipinski definition) is 1. The maximum Gasteiger partial charge on any atom is 0.258 e. The zero-order chi connectivity index (χ0) is 17.8. The molecule has 0 aliphatic heterocycles. The summed E-state index contributed by atoms with van der Waals surface area (Å²) in [7, 11) is 1.58. The highest BCUT2D eigenvalue weighted by Crippen LogP contribution is 2.28. The Bertz CT molecular complexity index is 922. The van der Waals surface area contributed by atoms with E-state index in [1.54, 1.807) is 25.3 Å². The lowest BCUT2D eigenvalue weighted by molar-refractivity contribution is -0.255. The number of nitrogens with one attached hydrogen (secondary N) is 1. The number of anilines is 1. The molecule has 3 aromatic rings. The molecule has 1 aromatic heterocycles. The zero-order valence-corrected chi connectivity index (χ0v) is 13.9. The first-order chi connectivity index (χ1) is 12.1. The highest BCUT2D eigenvalue weighted by Gasteiger charge is 2.14. The molecule has 7 nitrogen and oxygen atoms in total. The van der Waals surface area contributed by atoms with Crippen LogP contribution in [-0.2, 0) is 0 Å². The van der Waals surface area contributed by atoms with Crippen molar-refractivity contribution in [2.45, 2.75) is 0 Å². The SMILES string of the molecule is COc1ccc(-c2nnc(NC(=O)c3ccccc3C(=O)[O-])s2)cc1. The Balaban J connectivity index is 1.79. The molecule has 0 saturated heterocycles. The second kappa shape index (κ2) is 7.10. The maximum atomic E-state index is 12.3. The van der Waals surface area contributed by atoms with Gasteiger partial charge in [-0.15, -0.1) is 10.2 Å². The fraction of sp³-hybridized carbons (Fsp3) is 0.0588. The van der Waals surface area contributed by atoms with E-state index in [2.05, 4.69) is 15.5 Å². The third kappa shape index (κ3) is 3.64. The predicted octanol–water partition coefficient (Wildman–Crippen LogP) is 1.83. The Kier molecular flexibility index (Phi) is 4.71. The molecule has 0 aliphatic rings. The van der Waals surface area contributed by atoms with Crippen LogP contribution in [0.1, 0.15) is 20.7 Å². The van der Waals surface area contributed by atoms with Gasteiger partial charge in [0.05, 0.1) is 13.1 Å². The summed E-state index contributed by atoms with van der Waals surface area (Å²) in [6.45, 7) is 0. The highest BCUT2D eigenvalue weighted by atomic mass is 32.1. The number of benzene rings is 2. The van der Waals surface area contributed by atoms with Crippen molar-refractivity contribution in [1.82, 2.24) is 10.2 Å². The second-order valence-electron chi connectivity index (χ2n) is 4.93. The van der Waals surface area contributed by atoms with Gasteiger partial charge < -0.3 is 14.6 Å². The van der Waals surface area contributed by atoms with Crippen LogP contribution in [0.4, 0.5) is 5.13 Å². The van der Waals surface area contributed by atoms with Crippen LogP contribution in [0.3, 0.4) is 0 Å². The van der Waals surface area contributed by atoms with E-state index in [1.165, 1.54) is 29.5 Å². The second-order valence-corrected chi connectivity index (χ2v) is 5.91. The Hall–Kier alpha value is -3.26. The van der Waals surface area contributed by atoms with Crippen LogP contribution in [-0.4, -0.2) is 29.2 Å². The van der Waals surface area contributed by atoms with Crippen molar-refractivity contribution in [2.24, 2.45) is 0 Å². The number of carbonyl (C=O) groups is 2. The number of ether oxygens (including phenoxy) is 1. The summed E-state index contributed by atoms with van der Waals surface area (Å²) in [4.78, 5) is 23.4. The van der Waals surface area contributed by atoms with Gasteiger partial charge in [0.1, 0.15) is 10.8 Å². The van der Waals surface area contributed by atoms with Crippen molar-refractivity contribution < 1.29 is 19.4 Å². The van der Waals surface area contributed by atoms with Gasteiger partial charge in [-0.25, -0.2) is 0 Å². The number of carboxylic acids is 1. The van der Waals surface area contributed by atoms with E-state index < -0.39 is 11.9 Å². The third-order valence-electron chi connectivity index (χ3n) is 3.37. The van der Waals surface area contributed by atoms with Gasteiger partial charge in [-0.1, -0.05) is 29.5 Å². The van der Waals surface area contributed by atoms with Gasteiger partial charge in [0.25, 0.3) is 5.91 Å². The molecule has 1 N–H and O–H groups in total. The quantitative estimate of drug-likeness (QED) is 0.749. The zero-order valence-electron chi connectivity index (χ0n) is 13.1. The van der Waals surface area contributed by atoms with E-state index in [0.29, 0.717) is 5.01 Å². The smallest absolute Gasteiger partial charge is 0.258 e. The van der Waals surface area contributed by atoms with E-state index >= 15 is 0 Å². The van der Waals surface area contributed by atoms with Crippen LogP contribution in [0.25, 0.3) is 10.6 Å². The Morgan fingerprint density at radius 2 is 1.72 bits per heavy atom. The molecule has 0 aliphatic carbocycles. The number of nitrogens with zero attached hydrogens (tertiary/aromatic N) is 2. The molecule has 0 saturated carbocycles. The minimum Gasteiger partial charge on any atom is -0.545 e. The summed E-state index contributed by atoms with van der Waals surface area (Å²) < 4.78 is 5.10. The predicted molar refractivity (Wildman–Crippen MR) is 90.6 cm³/mol. The fourth-order valence-corrected chi connectivity index (χ4v) is 2.89. The van der Waals surface area contributed by atoms with Crippen LogP contribution in [0, 0.1) is 0 Å². The molecule has 1 heterocycles. The first-order valence-corrected chi connectivity index (χ1v) is 8.00. The molecule has 0 radical (unpaired) electrons. The van der Waals surface area contributed by atoms with Crippen LogP contribution < -0.4 is 15.2 Å². The van der Waals surface area contributed by atoms with Crippen LogP contribution >= 0.6 is 11.3 Å². The van der Waals surface area contributed by atoms with Crippen molar-refractivity contribution in [3.63, 3.8) is 0 Å². The van der Waals surface area contributed by atoms with E-state index in [0.717, 1.165) is 11.3 Å². The first kappa shape index (κ1) is 16.6. The molecular formula is C17H12N3O4S-. The van der Waals surface area contributed by atoms with Gasteiger partial charge in [-0.2, -0.15) is 0 Å². The molecule has 0 bridgehead atoms. The van der Waals surface area contributed by atoms with Gasteiger partial charge in [-0.3, -0.25) is 10.1 Å². The highest BCUT2D eigenvalue weighted by molar-refractivity contribution is 7.18. The normalized spacial score (nSPS) is 10.3.